The van der Waals surface area contributed by atoms with Crippen molar-refractivity contribution in [2.75, 3.05) is 13.2 Å². The number of ether oxygens (including phenoxy) is 1. The molecule has 1 aliphatic heterocycles. The van der Waals surface area contributed by atoms with Crippen LogP contribution in [0, 0.1) is 5.92 Å². The highest BCUT2D eigenvalue weighted by Gasteiger charge is 2.29. The van der Waals surface area contributed by atoms with Gasteiger partial charge in [0.25, 0.3) is 0 Å². The van der Waals surface area contributed by atoms with Crippen molar-refractivity contribution >= 4 is 11.7 Å². The fourth-order valence-corrected chi connectivity index (χ4v) is 1.98. The molecule has 1 fully saturated rings. The maximum atomic E-state index is 11.8. The molecular weight excluding hydrogens is 218 g/mol. The molecule has 1 N–H and O–H groups in total. The molecule has 0 amide bonds. The van der Waals surface area contributed by atoms with Crippen LogP contribution in [0.5, 0.6) is 0 Å². The van der Waals surface area contributed by atoms with Gasteiger partial charge in [0.05, 0.1) is 18.3 Å². The Morgan fingerprint density at radius 2 is 2.29 bits per heavy atom. The molecule has 0 bridgehead atoms. The lowest BCUT2D eigenvalue weighted by Crippen LogP contribution is -2.23. The molecule has 0 aromatic carbocycles. The van der Waals surface area contributed by atoms with Gasteiger partial charge < -0.3 is 9.84 Å². The second-order valence-corrected chi connectivity index (χ2v) is 4.56. The SMILES string of the molecule is CCOC(=O)/C1=C/C(C2CC2)=NCCCC1O. The van der Waals surface area contributed by atoms with Crippen LogP contribution in [0.4, 0.5) is 0 Å². The monoisotopic (exact) mass is 237 g/mol. The summed E-state index contributed by atoms with van der Waals surface area (Å²) in [6.07, 6.45) is 4.71. The van der Waals surface area contributed by atoms with Crippen molar-refractivity contribution in [2.45, 2.75) is 38.7 Å². The molecule has 1 saturated carbocycles. The van der Waals surface area contributed by atoms with Gasteiger partial charge in [-0.1, -0.05) is 0 Å². The van der Waals surface area contributed by atoms with Gasteiger partial charge in [0, 0.05) is 18.2 Å². The molecule has 1 atom stereocenters. The van der Waals surface area contributed by atoms with Crippen LogP contribution in [0.1, 0.15) is 32.6 Å². The highest BCUT2D eigenvalue weighted by atomic mass is 16.5. The second kappa shape index (κ2) is 5.45. The summed E-state index contributed by atoms with van der Waals surface area (Å²) in [5.74, 6) is 0.0833. The molecule has 2 aliphatic rings. The molecular formula is C13H19NO3. The minimum absolute atomic E-state index is 0.332. The van der Waals surface area contributed by atoms with Crippen molar-refractivity contribution in [3.8, 4) is 0 Å². The summed E-state index contributed by atoms with van der Waals surface area (Å²) in [5.41, 5.74) is 1.34. The molecule has 4 heteroatoms. The van der Waals surface area contributed by atoms with E-state index in [-0.39, 0.29) is 0 Å². The first-order valence-corrected chi connectivity index (χ1v) is 6.33. The van der Waals surface area contributed by atoms with Crippen LogP contribution in [-0.2, 0) is 9.53 Å². The predicted octanol–water partition coefficient (Wildman–Crippen LogP) is 1.48. The lowest BCUT2D eigenvalue weighted by molar-refractivity contribution is -0.139. The first-order valence-electron chi connectivity index (χ1n) is 6.33. The Hall–Kier alpha value is -1.16. The topological polar surface area (TPSA) is 58.9 Å². The summed E-state index contributed by atoms with van der Waals surface area (Å²) >= 11 is 0. The number of carbonyl (C=O) groups excluding carboxylic acids is 1. The lowest BCUT2D eigenvalue weighted by Gasteiger charge is -2.16. The minimum atomic E-state index is -0.710. The molecule has 2 rings (SSSR count). The first-order chi connectivity index (χ1) is 8.22. The molecule has 0 radical (unpaired) electrons. The third-order valence-corrected chi connectivity index (χ3v) is 3.10. The van der Waals surface area contributed by atoms with Crippen molar-refractivity contribution in [3.63, 3.8) is 0 Å². The number of esters is 1. The van der Waals surface area contributed by atoms with Gasteiger partial charge in [0.2, 0.25) is 0 Å². The van der Waals surface area contributed by atoms with Gasteiger partial charge in [-0.25, -0.2) is 4.79 Å². The average molecular weight is 237 g/mol. The number of aliphatic hydroxyl groups excluding tert-OH is 1. The van der Waals surface area contributed by atoms with Gasteiger partial charge in [-0.3, -0.25) is 4.99 Å². The molecule has 94 valence electrons. The molecule has 0 saturated heterocycles. The van der Waals surface area contributed by atoms with Crippen LogP contribution in [0.2, 0.25) is 0 Å². The summed E-state index contributed by atoms with van der Waals surface area (Å²) in [5, 5.41) is 9.97. The van der Waals surface area contributed by atoms with E-state index in [2.05, 4.69) is 4.99 Å². The molecule has 1 unspecified atom stereocenters. The van der Waals surface area contributed by atoms with Crippen LogP contribution < -0.4 is 0 Å². The Morgan fingerprint density at radius 3 is 2.94 bits per heavy atom. The molecule has 0 aromatic heterocycles. The van der Waals surface area contributed by atoms with Crippen LogP contribution in [-0.4, -0.2) is 36.0 Å². The predicted molar refractivity (Wildman–Crippen MR) is 65.0 cm³/mol. The number of hydrogen-bond donors (Lipinski definition) is 1. The molecule has 0 spiro atoms. The number of aliphatic imine (C=N–C) groups is 1. The van der Waals surface area contributed by atoms with Gasteiger partial charge in [0.1, 0.15) is 0 Å². The third kappa shape index (κ3) is 3.16. The van der Waals surface area contributed by atoms with E-state index in [0.29, 0.717) is 24.5 Å². The van der Waals surface area contributed by atoms with Crippen LogP contribution >= 0.6 is 0 Å². The fourth-order valence-electron chi connectivity index (χ4n) is 1.98. The summed E-state index contributed by atoms with van der Waals surface area (Å²) in [7, 11) is 0. The molecule has 17 heavy (non-hydrogen) atoms. The van der Waals surface area contributed by atoms with Crippen LogP contribution in [0.3, 0.4) is 0 Å². The van der Waals surface area contributed by atoms with Crippen molar-refractivity contribution in [1.82, 2.24) is 0 Å². The smallest absolute Gasteiger partial charge is 0.336 e. The maximum absolute atomic E-state index is 11.8. The maximum Gasteiger partial charge on any atom is 0.336 e. The zero-order valence-corrected chi connectivity index (χ0v) is 10.2. The summed E-state index contributed by atoms with van der Waals surface area (Å²) in [6, 6.07) is 0. The molecule has 1 heterocycles. The number of aliphatic hydroxyl groups is 1. The summed E-state index contributed by atoms with van der Waals surface area (Å²) in [6.45, 7) is 2.85. The van der Waals surface area contributed by atoms with E-state index in [0.717, 1.165) is 31.5 Å². The minimum Gasteiger partial charge on any atom is -0.463 e. The second-order valence-electron chi connectivity index (χ2n) is 4.56. The van der Waals surface area contributed by atoms with E-state index in [1.807, 2.05) is 0 Å². The van der Waals surface area contributed by atoms with Crippen LogP contribution in [0.15, 0.2) is 16.6 Å². The zero-order chi connectivity index (χ0) is 12.3. The quantitative estimate of drug-likeness (QED) is 0.756. The van der Waals surface area contributed by atoms with Crippen molar-refractivity contribution < 1.29 is 14.6 Å². The number of allylic oxidation sites excluding steroid dienone is 1. The van der Waals surface area contributed by atoms with E-state index in [1.165, 1.54) is 0 Å². The first kappa shape index (κ1) is 12.3. The Bertz CT molecular complexity index is 356. The van der Waals surface area contributed by atoms with Crippen molar-refractivity contribution in [2.24, 2.45) is 10.9 Å². The highest BCUT2D eigenvalue weighted by Crippen LogP contribution is 2.32. The van der Waals surface area contributed by atoms with Gasteiger partial charge >= 0.3 is 5.97 Å². The molecule has 4 nitrogen and oxygen atoms in total. The number of carbonyl (C=O) groups is 1. The van der Waals surface area contributed by atoms with Crippen LogP contribution in [0.25, 0.3) is 0 Å². The number of hydrogen-bond acceptors (Lipinski definition) is 4. The van der Waals surface area contributed by atoms with Gasteiger partial charge in [-0.15, -0.1) is 0 Å². The lowest BCUT2D eigenvalue weighted by atomic mass is 10.0. The standard InChI is InChI=1S/C13H19NO3/c1-2-17-13(16)10-8-11(9-5-6-9)14-7-3-4-12(10)15/h8-9,12,15H,2-7H2,1H3/b10-8+,14-11?. The normalized spacial score (nSPS) is 28.5. The molecule has 1 aliphatic carbocycles. The van der Waals surface area contributed by atoms with E-state index in [1.54, 1.807) is 13.0 Å². The Kier molecular flexibility index (Phi) is 3.94. The average Bonchev–Trinajstić information content (AvgIpc) is 3.08. The van der Waals surface area contributed by atoms with Gasteiger partial charge in [-0.05, 0) is 38.7 Å². The third-order valence-electron chi connectivity index (χ3n) is 3.10. The van der Waals surface area contributed by atoms with E-state index < -0.39 is 12.1 Å². The summed E-state index contributed by atoms with van der Waals surface area (Å²) in [4.78, 5) is 16.3. The molecule has 0 aromatic rings. The highest BCUT2D eigenvalue weighted by molar-refractivity contribution is 6.05. The van der Waals surface area contributed by atoms with Crippen molar-refractivity contribution in [3.05, 3.63) is 11.6 Å². The number of rotatable bonds is 3. The fraction of sp³-hybridized carbons (Fsp3) is 0.692. The Balaban J connectivity index is 2.20. The summed E-state index contributed by atoms with van der Waals surface area (Å²) < 4.78 is 4.97. The van der Waals surface area contributed by atoms with E-state index in [9.17, 15) is 9.90 Å². The van der Waals surface area contributed by atoms with Gasteiger partial charge in [0.15, 0.2) is 0 Å². The Labute approximate surface area is 101 Å². The van der Waals surface area contributed by atoms with E-state index >= 15 is 0 Å². The zero-order valence-electron chi connectivity index (χ0n) is 10.2. The largest absolute Gasteiger partial charge is 0.463 e. The van der Waals surface area contributed by atoms with Crippen molar-refractivity contribution in [1.29, 1.82) is 0 Å². The number of nitrogens with zero attached hydrogens (tertiary/aromatic N) is 1. The Morgan fingerprint density at radius 1 is 1.53 bits per heavy atom. The van der Waals surface area contributed by atoms with E-state index in [4.69, 9.17) is 4.74 Å². The van der Waals surface area contributed by atoms with Gasteiger partial charge in [-0.2, -0.15) is 0 Å².